The van der Waals surface area contributed by atoms with Crippen molar-refractivity contribution in [3.8, 4) is 11.5 Å². The summed E-state index contributed by atoms with van der Waals surface area (Å²) in [6.45, 7) is 2.19. The van der Waals surface area contributed by atoms with Crippen LogP contribution in [0.1, 0.15) is 23.8 Å². The normalized spacial score (nSPS) is 11.3. The number of ether oxygens (including phenoxy) is 2. The molecule has 0 unspecified atom stereocenters. The number of hydrogen-bond donors (Lipinski definition) is 2. The molecular formula is C20H22N4O6S. The summed E-state index contributed by atoms with van der Waals surface area (Å²) in [5.41, 5.74) is 1.75. The highest BCUT2D eigenvalue weighted by molar-refractivity contribution is 7.89. The lowest BCUT2D eigenvalue weighted by Crippen LogP contribution is -2.42. The van der Waals surface area contributed by atoms with E-state index in [-0.39, 0.29) is 21.9 Å². The van der Waals surface area contributed by atoms with Crippen LogP contribution in [0.3, 0.4) is 0 Å². The van der Waals surface area contributed by atoms with Crippen molar-refractivity contribution in [1.29, 1.82) is 0 Å². The van der Waals surface area contributed by atoms with Gasteiger partial charge in [0.2, 0.25) is 0 Å². The van der Waals surface area contributed by atoms with Crippen molar-refractivity contribution in [2.24, 2.45) is 0 Å². The second-order valence-corrected chi connectivity index (χ2v) is 8.15. The van der Waals surface area contributed by atoms with Gasteiger partial charge in [0.15, 0.2) is 5.69 Å². The monoisotopic (exact) mass is 446 g/mol. The SMILES string of the molecule is CCCn1nc(C(=O)NNS(=O)(=O)c2cc(OC)ccc2OC)c2ccccc2c1=O. The molecule has 0 saturated heterocycles. The molecule has 2 aromatic carbocycles. The van der Waals surface area contributed by atoms with Gasteiger partial charge in [-0.05, 0) is 24.6 Å². The maximum absolute atomic E-state index is 12.8. The molecule has 0 saturated carbocycles. The maximum Gasteiger partial charge on any atom is 0.287 e. The molecule has 11 heteroatoms. The Morgan fingerprint density at radius 2 is 1.81 bits per heavy atom. The van der Waals surface area contributed by atoms with Crippen LogP contribution in [0, 0.1) is 0 Å². The number of benzene rings is 2. The number of hydrogen-bond acceptors (Lipinski definition) is 7. The Morgan fingerprint density at radius 1 is 1.10 bits per heavy atom. The van der Waals surface area contributed by atoms with Gasteiger partial charge in [0, 0.05) is 18.0 Å². The van der Waals surface area contributed by atoms with Crippen LogP contribution in [-0.4, -0.2) is 38.3 Å². The summed E-state index contributed by atoms with van der Waals surface area (Å²) in [6.07, 6.45) is 0.634. The Balaban J connectivity index is 1.95. The molecule has 0 aliphatic carbocycles. The van der Waals surface area contributed by atoms with Crippen LogP contribution in [0.15, 0.2) is 52.2 Å². The minimum absolute atomic E-state index is 0.0719. The van der Waals surface area contributed by atoms with Crippen LogP contribution < -0.4 is 25.3 Å². The van der Waals surface area contributed by atoms with Crippen molar-refractivity contribution in [3.63, 3.8) is 0 Å². The van der Waals surface area contributed by atoms with Crippen LogP contribution in [0.2, 0.25) is 0 Å². The third-order valence-corrected chi connectivity index (χ3v) is 5.75. The Hall–Kier alpha value is -3.44. The Kier molecular flexibility index (Phi) is 6.56. The summed E-state index contributed by atoms with van der Waals surface area (Å²) in [7, 11) is -1.48. The first-order valence-electron chi connectivity index (χ1n) is 9.36. The number of fused-ring (bicyclic) bond motifs is 1. The lowest BCUT2D eigenvalue weighted by molar-refractivity contribution is 0.0939. The third-order valence-electron chi connectivity index (χ3n) is 4.48. The van der Waals surface area contributed by atoms with E-state index >= 15 is 0 Å². The van der Waals surface area contributed by atoms with Gasteiger partial charge in [0.25, 0.3) is 21.5 Å². The van der Waals surface area contributed by atoms with Gasteiger partial charge in [0.05, 0.1) is 19.6 Å². The van der Waals surface area contributed by atoms with Gasteiger partial charge in [-0.2, -0.15) is 5.10 Å². The molecule has 3 aromatic rings. The van der Waals surface area contributed by atoms with Gasteiger partial charge in [-0.3, -0.25) is 15.0 Å². The lowest BCUT2D eigenvalue weighted by atomic mass is 10.1. The Labute approximate surface area is 178 Å². The van der Waals surface area contributed by atoms with Crippen molar-refractivity contribution < 1.29 is 22.7 Å². The number of carbonyl (C=O) groups is 1. The molecule has 0 aliphatic heterocycles. The molecule has 0 bridgehead atoms. The average Bonchev–Trinajstić information content (AvgIpc) is 2.79. The van der Waals surface area contributed by atoms with Crippen molar-refractivity contribution in [1.82, 2.24) is 20.0 Å². The predicted octanol–water partition coefficient (Wildman–Crippen LogP) is 1.45. The zero-order valence-electron chi connectivity index (χ0n) is 17.2. The fourth-order valence-corrected chi connectivity index (χ4v) is 4.01. The van der Waals surface area contributed by atoms with Gasteiger partial charge in [-0.25, -0.2) is 13.1 Å². The molecule has 0 aliphatic rings. The number of rotatable bonds is 8. The van der Waals surface area contributed by atoms with Gasteiger partial charge in [-0.15, -0.1) is 4.83 Å². The number of aromatic nitrogens is 2. The van der Waals surface area contributed by atoms with E-state index in [2.05, 4.69) is 10.5 Å². The average molecular weight is 446 g/mol. The molecule has 1 amide bonds. The van der Waals surface area contributed by atoms with E-state index in [9.17, 15) is 18.0 Å². The maximum atomic E-state index is 12.8. The molecule has 10 nitrogen and oxygen atoms in total. The highest BCUT2D eigenvalue weighted by Gasteiger charge is 2.23. The molecule has 0 fully saturated rings. The van der Waals surface area contributed by atoms with Gasteiger partial charge in [-0.1, -0.05) is 25.1 Å². The lowest BCUT2D eigenvalue weighted by Gasteiger charge is -2.14. The van der Waals surface area contributed by atoms with Gasteiger partial charge in [0.1, 0.15) is 16.4 Å². The number of sulfonamides is 1. The standard InChI is InChI=1S/C20H22N4O6S/c1-4-11-24-20(26)15-8-6-5-7-14(15)18(22-24)19(25)21-23-31(27,28)17-12-13(29-2)9-10-16(17)30-3/h5-10,12,23H,4,11H2,1-3H3,(H,21,25). The molecule has 2 N–H and O–H groups in total. The molecule has 0 atom stereocenters. The first-order chi connectivity index (χ1) is 14.8. The van der Waals surface area contributed by atoms with E-state index in [1.165, 1.54) is 31.0 Å². The zero-order chi connectivity index (χ0) is 22.6. The van der Waals surface area contributed by atoms with Crippen molar-refractivity contribution in [3.05, 3.63) is 58.5 Å². The molecular weight excluding hydrogens is 424 g/mol. The third kappa shape index (κ3) is 4.52. The van der Waals surface area contributed by atoms with E-state index in [1.54, 1.807) is 30.3 Å². The molecule has 164 valence electrons. The van der Waals surface area contributed by atoms with Crippen molar-refractivity contribution in [2.75, 3.05) is 14.2 Å². The topological polar surface area (TPSA) is 129 Å². The number of carbonyl (C=O) groups excluding carboxylic acids is 1. The van der Waals surface area contributed by atoms with Crippen molar-refractivity contribution in [2.45, 2.75) is 24.8 Å². The smallest absolute Gasteiger partial charge is 0.287 e. The van der Waals surface area contributed by atoms with Gasteiger partial charge < -0.3 is 9.47 Å². The van der Waals surface area contributed by atoms with E-state index in [0.29, 0.717) is 29.5 Å². The summed E-state index contributed by atoms with van der Waals surface area (Å²) in [6, 6.07) is 10.8. The number of nitrogens with zero attached hydrogens (tertiary/aromatic N) is 2. The molecule has 3 rings (SSSR count). The minimum atomic E-state index is -4.20. The summed E-state index contributed by atoms with van der Waals surface area (Å²) < 4.78 is 36.9. The largest absolute Gasteiger partial charge is 0.497 e. The van der Waals surface area contributed by atoms with Gasteiger partial charge >= 0.3 is 0 Å². The van der Waals surface area contributed by atoms with Crippen LogP contribution in [0.5, 0.6) is 11.5 Å². The number of aryl methyl sites for hydroxylation is 1. The summed E-state index contributed by atoms with van der Waals surface area (Å²) in [4.78, 5) is 27.2. The molecule has 0 radical (unpaired) electrons. The van der Waals surface area contributed by atoms with E-state index in [1.807, 2.05) is 11.8 Å². The number of hydrazine groups is 1. The fraction of sp³-hybridized carbons (Fsp3) is 0.250. The summed E-state index contributed by atoms with van der Waals surface area (Å²) in [5, 5.41) is 4.77. The second-order valence-electron chi connectivity index (χ2n) is 6.50. The van der Waals surface area contributed by atoms with Crippen LogP contribution in [-0.2, 0) is 16.6 Å². The predicted molar refractivity (Wildman–Crippen MR) is 114 cm³/mol. The fourth-order valence-electron chi connectivity index (χ4n) is 2.99. The first kappa shape index (κ1) is 22.2. The number of amides is 1. The van der Waals surface area contributed by atoms with Crippen LogP contribution in [0.4, 0.5) is 0 Å². The Bertz CT molecular complexity index is 1290. The second kappa shape index (κ2) is 9.14. The summed E-state index contributed by atoms with van der Waals surface area (Å²) >= 11 is 0. The van der Waals surface area contributed by atoms with Crippen molar-refractivity contribution >= 4 is 26.7 Å². The summed E-state index contributed by atoms with van der Waals surface area (Å²) in [5.74, 6) is -0.444. The molecule has 1 heterocycles. The molecule has 1 aromatic heterocycles. The van der Waals surface area contributed by atoms with E-state index < -0.39 is 15.9 Å². The molecule has 0 spiro atoms. The Morgan fingerprint density at radius 3 is 2.45 bits per heavy atom. The number of nitrogens with one attached hydrogen (secondary N) is 2. The van der Waals surface area contributed by atoms with E-state index in [4.69, 9.17) is 9.47 Å². The first-order valence-corrected chi connectivity index (χ1v) is 10.8. The zero-order valence-corrected chi connectivity index (χ0v) is 18.0. The highest BCUT2D eigenvalue weighted by Crippen LogP contribution is 2.27. The number of methoxy groups -OCH3 is 2. The molecule has 31 heavy (non-hydrogen) atoms. The van der Waals surface area contributed by atoms with Crippen LogP contribution in [0.25, 0.3) is 10.8 Å². The van der Waals surface area contributed by atoms with Crippen LogP contribution >= 0.6 is 0 Å². The van der Waals surface area contributed by atoms with E-state index in [0.717, 1.165) is 0 Å². The highest BCUT2D eigenvalue weighted by atomic mass is 32.2. The quantitative estimate of drug-likeness (QED) is 0.501. The minimum Gasteiger partial charge on any atom is -0.497 e.